The lowest BCUT2D eigenvalue weighted by atomic mass is 9.73. The lowest BCUT2D eigenvalue weighted by Crippen LogP contribution is -2.55. The van der Waals surface area contributed by atoms with Crippen molar-refractivity contribution in [3.8, 4) is 11.1 Å². The lowest BCUT2D eigenvalue weighted by Gasteiger charge is -2.42. The Morgan fingerprint density at radius 2 is 1.94 bits per heavy atom. The standard InChI is InChI=1S/C26H31N5O2/c1-18(2)29-25(33)26(11-6-14-31(17-26)24(32)23-16-28-30-19(23)3)15-21-7-4-5-8-22(21)20-9-12-27-13-10-20/h4-5,7-10,12-13,16,18H,6,11,14-15,17H2,1-3H3,(H,28,30)(H,29,33)/t26-/m0/s1. The molecule has 0 bridgehead atoms. The summed E-state index contributed by atoms with van der Waals surface area (Å²) in [4.78, 5) is 32.9. The quantitative estimate of drug-likeness (QED) is 0.604. The molecule has 1 aromatic carbocycles. The zero-order valence-electron chi connectivity index (χ0n) is 19.5. The molecule has 0 saturated carbocycles. The fraction of sp³-hybridized carbons (Fsp3) is 0.385. The van der Waals surface area contributed by atoms with E-state index in [0.29, 0.717) is 25.1 Å². The van der Waals surface area contributed by atoms with Crippen LogP contribution in [-0.4, -0.2) is 51.0 Å². The maximum absolute atomic E-state index is 13.6. The number of likely N-dealkylation sites (tertiary alicyclic amines) is 1. The third kappa shape index (κ3) is 4.82. The summed E-state index contributed by atoms with van der Waals surface area (Å²) >= 11 is 0. The van der Waals surface area contributed by atoms with Crippen molar-refractivity contribution in [2.45, 2.75) is 46.1 Å². The Labute approximate surface area is 194 Å². The number of pyridine rings is 1. The van der Waals surface area contributed by atoms with Gasteiger partial charge in [0.1, 0.15) is 0 Å². The average molecular weight is 446 g/mol. The van der Waals surface area contributed by atoms with Gasteiger partial charge in [-0.05, 0) is 68.9 Å². The maximum Gasteiger partial charge on any atom is 0.257 e. The molecule has 172 valence electrons. The molecule has 2 aromatic heterocycles. The fourth-order valence-corrected chi connectivity index (χ4v) is 4.72. The molecule has 3 heterocycles. The summed E-state index contributed by atoms with van der Waals surface area (Å²) in [6, 6.07) is 12.2. The molecule has 7 heteroatoms. The molecular weight excluding hydrogens is 414 g/mol. The molecule has 0 aliphatic carbocycles. The van der Waals surface area contributed by atoms with Crippen molar-refractivity contribution in [3.63, 3.8) is 0 Å². The maximum atomic E-state index is 13.6. The van der Waals surface area contributed by atoms with Gasteiger partial charge in [0, 0.05) is 37.2 Å². The van der Waals surface area contributed by atoms with Gasteiger partial charge in [0.2, 0.25) is 5.91 Å². The van der Waals surface area contributed by atoms with Gasteiger partial charge in [-0.25, -0.2) is 0 Å². The minimum Gasteiger partial charge on any atom is -0.353 e. The molecular formula is C26H31N5O2. The highest BCUT2D eigenvalue weighted by Crippen LogP contribution is 2.37. The SMILES string of the molecule is Cc1[nH]ncc1C(=O)N1CCC[C@@](Cc2ccccc2-c2ccncc2)(C(=O)NC(C)C)C1. The van der Waals surface area contributed by atoms with Crippen LogP contribution in [0.5, 0.6) is 0 Å². The molecule has 1 aliphatic heterocycles. The van der Waals surface area contributed by atoms with Gasteiger partial charge in [0.25, 0.3) is 5.91 Å². The van der Waals surface area contributed by atoms with Crippen molar-refractivity contribution in [1.82, 2.24) is 25.4 Å². The molecule has 4 rings (SSSR count). The number of carbonyl (C=O) groups is 2. The van der Waals surface area contributed by atoms with Crippen molar-refractivity contribution < 1.29 is 9.59 Å². The van der Waals surface area contributed by atoms with Crippen molar-refractivity contribution in [2.75, 3.05) is 13.1 Å². The van der Waals surface area contributed by atoms with E-state index in [1.54, 1.807) is 18.6 Å². The molecule has 1 fully saturated rings. The largest absolute Gasteiger partial charge is 0.353 e. The molecule has 3 aromatic rings. The summed E-state index contributed by atoms with van der Waals surface area (Å²) in [5.74, 6) is -0.0754. The first-order chi connectivity index (χ1) is 15.9. The van der Waals surface area contributed by atoms with Crippen LogP contribution in [0.1, 0.15) is 48.3 Å². The number of aryl methyl sites for hydroxylation is 1. The number of aromatic amines is 1. The van der Waals surface area contributed by atoms with E-state index in [2.05, 4.69) is 32.6 Å². The van der Waals surface area contributed by atoms with Gasteiger partial charge in [0.05, 0.1) is 17.2 Å². The normalized spacial score (nSPS) is 18.4. The average Bonchev–Trinajstić information content (AvgIpc) is 3.25. The predicted molar refractivity (Wildman–Crippen MR) is 128 cm³/mol. The van der Waals surface area contributed by atoms with E-state index in [0.717, 1.165) is 35.2 Å². The van der Waals surface area contributed by atoms with Gasteiger partial charge >= 0.3 is 0 Å². The first-order valence-electron chi connectivity index (χ1n) is 11.5. The van der Waals surface area contributed by atoms with Crippen LogP contribution in [0.4, 0.5) is 0 Å². The summed E-state index contributed by atoms with van der Waals surface area (Å²) in [7, 11) is 0. The first-order valence-corrected chi connectivity index (χ1v) is 11.5. The third-order valence-electron chi connectivity index (χ3n) is 6.36. The number of rotatable bonds is 6. The fourth-order valence-electron chi connectivity index (χ4n) is 4.72. The Hall–Kier alpha value is -3.48. The smallest absolute Gasteiger partial charge is 0.257 e. The summed E-state index contributed by atoms with van der Waals surface area (Å²) in [6.45, 7) is 6.79. The number of benzene rings is 1. The number of piperidine rings is 1. The monoisotopic (exact) mass is 445 g/mol. The Morgan fingerprint density at radius 3 is 2.64 bits per heavy atom. The number of carbonyl (C=O) groups excluding carboxylic acids is 2. The Kier molecular flexibility index (Phi) is 6.58. The van der Waals surface area contributed by atoms with Gasteiger partial charge in [-0.1, -0.05) is 24.3 Å². The van der Waals surface area contributed by atoms with Gasteiger partial charge in [0.15, 0.2) is 0 Å². The second kappa shape index (κ2) is 9.57. The molecule has 7 nitrogen and oxygen atoms in total. The summed E-state index contributed by atoms with van der Waals surface area (Å²) in [6.07, 6.45) is 7.18. The number of nitrogens with zero attached hydrogens (tertiary/aromatic N) is 3. The van der Waals surface area contributed by atoms with Crippen LogP contribution in [0.2, 0.25) is 0 Å². The highest BCUT2D eigenvalue weighted by Gasteiger charge is 2.44. The Balaban J connectivity index is 1.70. The minimum atomic E-state index is -0.709. The van der Waals surface area contributed by atoms with Crippen LogP contribution in [0.15, 0.2) is 55.0 Å². The molecule has 2 N–H and O–H groups in total. The number of H-pyrrole nitrogens is 1. The minimum absolute atomic E-state index is 0.00319. The van der Waals surface area contributed by atoms with Crippen LogP contribution >= 0.6 is 0 Å². The number of nitrogens with one attached hydrogen (secondary N) is 2. The van der Waals surface area contributed by atoms with E-state index in [1.165, 1.54) is 0 Å². The number of aromatic nitrogens is 3. The van der Waals surface area contributed by atoms with Crippen molar-refractivity contribution in [2.24, 2.45) is 5.41 Å². The van der Waals surface area contributed by atoms with Crippen LogP contribution in [0, 0.1) is 12.3 Å². The first kappa shape index (κ1) is 22.7. The van der Waals surface area contributed by atoms with E-state index in [1.807, 2.05) is 49.9 Å². The van der Waals surface area contributed by atoms with Crippen molar-refractivity contribution in [3.05, 3.63) is 71.8 Å². The second-order valence-corrected chi connectivity index (χ2v) is 9.22. The van der Waals surface area contributed by atoms with Gasteiger partial charge in [-0.3, -0.25) is 19.7 Å². The third-order valence-corrected chi connectivity index (χ3v) is 6.36. The lowest BCUT2D eigenvalue weighted by molar-refractivity contribution is -0.134. The molecule has 0 spiro atoms. The van der Waals surface area contributed by atoms with Crippen LogP contribution in [0.3, 0.4) is 0 Å². The highest BCUT2D eigenvalue weighted by molar-refractivity contribution is 5.96. The van der Waals surface area contributed by atoms with Crippen LogP contribution in [-0.2, 0) is 11.2 Å². The van der Waals surface area contributed by atoms with Crippen LogP contribution < -0.4 is 5.32 Å². The Bertz CT molecular complexity index is 1120. The van der Waals surface area contributed by atoms with Crippen LogP contribution in [0.25, 0.3) is 11.1 Å². The highest BCUT2D eigenvalue weighted by atomic mass is 16.2. The number of hydrogen-bond acceptors (Lipinski definition) is 4. The van der Waals surface area contributed by atoms with Gasteiger partial charge < -0.3 is 10.2 Å². The molecule has 33 heavy (non-hydrogen) atoms. The number of hydrogen-bond donors (Lipinski definition) is 2. The topological polar surface area (TPSA) is 91.0 Å². The molecule has 2 amide bonds. The molecule has 1 atom stereocenters. The molecule has 1 aliphatic rings. The zero-order chi connectivity index (χ0) is 23.4. The van der Waals surface area contributed by atoms with E-state index in [9.17, 15) is 9.59 Å². The summed E-state index contributed by atoms with van der Waals surface area (Å²) < 4.78 is 0. The summed E-state index contributed by atoms with van der Waals surface area (Å²) in [5, 5.41) is 9.98. The van der Waals surface area contributed by atoms with Crippen molar-refractivity contribution >= 4 is 11.8 Å². The van der Waals surface area contributed by atoms with E-state index < -0.39 is 5.41 Å². The second-order valence-electron chi connectivity index (χ2n) is 9.22. The Morgan fingerprint density at radius 1 is 1.18 bits per heavy atom. The van der Waals surface area contributed by atoms with Gasteiger partial charge in [-0.15, -0.1) is 0 Å². The zero-order valence-corrected chi connectivity index (χ0v) is 19.5. The van der Waals surface area contributed by atoms with E-state index in [4.69, 9.17) is 0 Å². The molecule has 1 saturated heterocycles. The van der Waals surface area contributed by atoms with Gasteiger partial charge in [-0.2, -0.15) is 5.10 Å². The van der Waals surface area contributed by atoms with E-state index in [-0.39, 0.29) is 17.9 Å². The summed E-state index contributed by atoms with van der Waals surface area (Å²) in [5.41, 5.74) is 3.84. The van der Waals surface area contributed by atoms with E-state index >= 15 is 0 Å². The molecule has 0 radical (unpaired) electrons. The molecule has 0 unspecified atom stereocenters. The predicted octanol–water partition coefficient (Wildman–Crippen LogP) is 3.77. The number of amides is 2. The van der Waals surface area contributed by atoms with Crippen molar-refractivity contribution in [1.29, 1.82) is 0 Å².